The molecule has 1 rings (SSSR count). The van der Waals surface area contributed by atoms with Gasteiger partial charge in [-0.15, -0.1) is 0 Å². The predicted octanol–water partition coefficient (Wildman–Crippen LogP) is 3.36. The van der Waals surface area contributed by atoms with Crippen molar-refractivity contribution in [1.82, 2.24) is 4.98 Å². The first kappa shape index (κ1) is 16.1. The summed E-state index contributed by atoms with van der Waals surface area (Å²) in [5.41, 5.74) is -3.53. The van der Waals surface area contributed by atoms with Gasteiger partial charge in [-0.1, -0.05) is 0 Å². The Labute approximate surface area is 118 Å². The van der Waals surface area contributed by atoms with Gasteiger partial charge in [-0.2, -0.15) is 13.2 Å². The van der Waals surface area contributed by atoms with Crippen LogP contribution in [-0.2, 0) is 22.1 Å². The van der Waals surface area contributed by atoms with E-state index < -0.39 is 41.8 Å². The fourth-order valence-electron chi connectivity index (χ4n) is 1.44. The Hall–Kier alpha value is -1.00. The number of methoxy groups -OCH3 is 1. The molecule has 1 aromatic heterocycles. The first-order valence-corrected chi connectivity index (χ1v) is 5.86. The third kappa shape index (κ3) is 3.98. The monoisotopic (exact) mass is 395 g/mol. The maximum absolute atomic E-state index is 12.8. The fraction of sp³-hybridized carbons (Fsp3) is 0.400. The number of aromatic nitrogens is 1. The van der Waals surface area contributed by atoms with Crippen LogP contribution in [-0.4, -0.2) is 18.1 Å². The molecule has 19 heavy (non-hydrogen) atoms. The topological polar surface area (TPSA) is 39.2 Å². The highest BCUT2D eigenvalue weighted by molar-refractivity contribution is 14.1. The molecule has 0 unspecified atom stereocenters. The van der Waals surface area contributed by atoms with E-state index in [1.807, 2.05) is 0 Å². The number of halogens is 6. The molecule has 1 aromatic rings. The molecular weight excluding hydrogens is 388 g/mol. The minimum Gasteiger partial charge on any atom is -0.469 e. The van der Waals surface area contributed by atoms with Gasteiger partial charge in [-0.3, -0.25) is 4.79 Å². The van der Waals surface area contributed by atoms with E-state index in [1.54, 1.807) is 0 Å². The van der Waals surface area contributed by atoms with Crippen molar-refractivity contribution in [3.05, 3.63) is 26.6 Å². The fourth-order valence-corrected chi connectivity index (χ4v) is 2.07. The Kier molecular flexibility index (Phi) is 5.04. The summed E-state index contributed by atoms with van der Waals surface area (Å²) < 4.78 is 68.0. The number of esters is 1. The Morgan fingerprint density at radius 2 is 2.05 bits per heavy atom. The molecule has 0 saturated heterocycles. The number of hydrogen-bond donors (Lipinski definition) is 0. The van der Waals surface area contributed by atoms with Gasteiger partial charge in [0.25, 0.3) is 6.43 Å². The summed E-state index contributed by atoms with van der Waals surface area (Å²) in [4.78, 5) is 14.3. The molecule has 106 valence electrons. The molecule has 0 aliphatic carbocycles. The highest BCUT2D eigenvalue weighted by atomic mass is 127. The number of ether oxygens (including phenoxy) is 1. The number of rotatable bonds is 3. The van der Waals surface area contributed by atoms with E-state index in [-0.39, 0.29) is 3.70 Å². The molecule has 0 bridgehead atoms. The number of alkyl halides is 5. The Morgan fingerprint density at radius 1 is 1.47 bits per heavy atom. The minimum atomic E-state index is -5.02. The van der Waals surface area contributed by atoms with Gasteiger partial charge in [-0.25, -0.2) is 13.8 Å². The maximum Gasteiger partial charge on any atom is 0.418 e. The van der Waals surface area contributed by atoms with Gasteiger partial charge in [0.2, 0.25) is 0 Å². The lowest BCUT2D eigenvalue weighted by Crippen LogP contribution is -2.18. The summed E-state index contributed by atoms with van der Waals surface area (Å²) in [5.74, 6) is -0.951. The third-order valence-corrected chi connectivity index (χ3v) is 2.70. The predicted molar refractivity (Wildman–Crippen MR) is 62.6 cm³/mol. The summed E-state index contributed by atoms with van der Waals surface area (Å²) >= 11 is 1.50. The Morgan fingerprint density at radius 3 is 2.47 bits per heavy atom. The van der Waals surface area contributed by atoms with Crippen molar-refractivity contribution in [3.63, 3.8) is 0 Å². The molecule has 0 N–H and O–H groups in total. The second-order valence-corrected chi connectivity index (χ2v) is 4.52. The molecule has 0 radical (unpaired) electrons. The van der Waals surface area contributed by atoms with Crippen molar-refractivity contribution in [2.45, 2.75) is 19.0 Å². The second-order valence-electron chi connectivity index (χ2n) is 3.42. The molecule has 1 heterocycles. The van der Waals surface area contributed by atoms with E-state index in [1.165, 1.54) is 22.6 Å². The van der Waals surface area contributed by atoms with Gasteiger partial charge in [-0.05, 0) is 34.2 Å². The smallest absolute Gasteiger partial charge is 0.418 e. The molecular formula is C10H7F5INO2. The van der Waals surface area contributed by atoms with Crippen molar-refractivity contribution < 1.29 is 31.5 Å². The maximum atomic E-state index is 12.8. The van der Waals surface area contributed by atoms with E-state index in [4.69, 9.17) is 0 Å². The number of carbonyl (C=O) groups excluding carboxylic acids is 1. The molecule has 0 fully saturated rings. The van der Waals surface area contributed by atoms with Gasteiger partial charge >= 0.3 is 12.1 Å². The van der Waals surface area contributed by atoms with Crippen LogP contribution in [0.1, 0.15) is 23.2 Å². The lowest BCUT2D eigenvalue weighted by atomic mass is 10.0. The first-order chi connectivity index (χ1) is 8.66. The molecule has 0 spiro atoms. The zero-order valence-electron chi connectivity index (χ0n) is 9.39. The number of pyridine rings is 1. The Bertz CT molecular complexity index is 490. The van der Waals surface area contributed by atoms with Crippen molar-refractivity contribution in [2.75, 3.05) is 7.11 Å². The minimum absolute atomic E-state index is 0.0557. The van der Waals surface area contributed by atoms with Crippen LogP contribution in [0.4, 0.5) is 22.0 Å². The zero-order chi connectivity index (χ0) is 14.8. The molecule has 9 heteroatoms. The van der Waals surface area contributed by atoms with Crippen LogP contribution in [0.5, 0.6) is 0 Å². The van der Waals surface area contributed by atoms with Crippen LogP contribution in [0.2, 0.25) is 0 Å². The SMILES string of the molecule is COC(=O)Cc1cc(I)nc(C(F)F)c1C(F)(F)F. The lowest BCUT2D eigenvalue weighted by Gasteiger charge is -2.16. The van der Waals surface area contributed by atoms with Crippen LogP contribution in [0.3, 0.4) is 0 Å². The standard InChI is InChI=1S/C10H7F5INO2/c1-19-6(18)3-4-2-5(16)17-8(9(11)12)7(4)10(13,14)15/h2,9H,3H2,1H3. The van der Waals surface area contributed by atoms with Crippen LogP contribution in [0, 0.1) is 3.70 Å². The summed E-state index contributed by atoms with van der Waals surface area (Å²) in [6.45, 7) is 0. The third-order valence-electron chi connectivity index (χ3n) is 2.15. The van der Waals surface area contributed by atoms with Crippen molar-refractivity contribution in [1.29, 1.82) is 0 Å². The van der Waals surface area contributed by atoms with Gasteiger partial charge in [0.05, 0.1) is 19.1 Å². The first-order valence-electron chi connectivity index (χ1n) is 4.78. The molecule has 0 aliphatic heterocycles. The number of hydrogen-bond acceptors (Lipinski definition) is 3. The van der Waals surface area contributed by atoms with Crippen molar-refractivity contribution in [2.24, 2.45) is 0 Å². The highest BCUT2D eigenvalue weighted by Crippen LogP contribution is 2.38. The largest absolute Gasteiger partial charge is 0.469 e. The summed E-state index contributed by atoms with van der Waals surface area (Å²) in [6, 6.07) is 0.937. The second kappa shape index (κ2) is 5.97. The van der Waals surface area contributed by atoms with Gasteiger partial charge in [0.1, 0.15) is 9.39 Å². The van der Waals surface area contributed by atoms with E-state index in [0.717, 1.165) is 13.2 Å². The van der Waals surface area contributed by atoms with Crippen LogP contribution >= 0.6 is 22.6 Å². The number of nitrogens with zero attached hydrogens (tertiary/aromatic N) is 1. The van der Waals surface area contributed by atoms with E-state index >= 15 is 0 Å². The lowest BCUT2D eigenvalue weighted by molar-refractivity contribution is -0.142. The van der Waals surface area contributed by atoms with Crippen molar-refractivity contribution in [3.8, 4) is 0 Å². The van der Waals surface area contributed by atoms with Gasteiger partial charge < -0.3 is 4.74 Å². The molecule has 0 saturated carbocycles. The van der Waals surface area contributed by atoms with Crippen LogP contribution in [0.25, 0.3) is 0 Å². The average Bonchev–Trinajstić information content (AvgIpc) is 2.25. The Balaban J connectivity index is 3.47. The van der Waals surface area contributed by atoms with Gasteiger partial charge in [0.15, 0.2) is 0 Å². The molecule has 0 atom stereocenters. The summed E-state index contributed by atoms with van der Waals surface area (Å²) in [5, 5.41) is 0. The van der Waals surface area contributed by atoms with Gasteiger partial charge in [0, 0.05) is 0 Å². The molecule has 3 nitrogen and oxygen atoms in total. The zero-order valence-corrected chi connectivity index (χ0v) is 11.6. The quantitative estimate of drug-likeness (QED) is 0.341. The summed E-state index contributed by atoms with van der Waals surface area (Å²) in [6.07, 6.45) is -9.15. The van der Waals surface area contributed by atoms with Crippen molar-refractivity contribution >= 4 is 28.6 Å². The summed E-state index contributed by atoms with van der Waals surface area (Å²) in [7, 11) is 0.996. The van der Waals surface area contributed by atoms with Crippen LogP contribution in [0.15, 0.2) is 6.07 Å². The number of carbonyl (C=O) groups is 1. The molecule has 0 aromatic carbocycles. The average molecular weight is 395 g/mol. The normalized spacial score (nSPS) is 11.8. The van der Waals surface area contributed by atoms with E-state index in [2.05, 4.69) is 9.72 Å². The van der Waals surface area contributed by atoms with E-state index in [9.17, 15) is 26.7 Å². The molecule has 0 aliphatic rings. The highest BCUT2D eigenvalue weighted by Gasteiger charge is 2.40. The van der Waals surface area contributed by atoms with Crippen LogP contribution < -0.4 is 0 Å². The molecule has 0 amide bonds. The van der Waals surface area contributed by atoms with E-state index in [0.29, 0.717) is 0 Å².